The van der Waals surface area contributed by atoms with Gasteiger partial charge >= 0.3 is 11.8 Å². The number of anilines is 1. The van der Waals surface area contributed by atoms with Crippen LogP contribution in [0.3, 0.4) is 0 Å². The Hall–Kier alpha value is -3.40. The van der Waals surface area contributed by atoms with E-state index in [1.807, 2.05) is 26.0 Å². The number of carbonyl (C=O) groups excluding carboxylic acids is 3. The fraction of sp³-hybridized carbons (Fsp3) is 0.304. The molecule has 3 amide bonds. The Kier molecular flexibility index (Phi) is 10.4. The predicted molar refractivity (Wildman–Crippen MR) is 130 cm³/mol. The lowest BCUT2D eigenvalue weighted by Crippen LogP contribution is -2.41. The molecule has 9 nitrogen and oxygen atoms in total. The lowest BCUT2D eigenvalue weighted by Gasteiger charge is -2.13. The minimum Gasteiger partial charge on any atom is -0.490 e. The molecule has 33 heavy (non-hydrogen) atoms. The van der Waals surface area contributed by atoms with Crippen molar-refractivity contribution >= 4 is 45.6 Å². The van der Waals surface area contributed by atoms with Crippen LogP contribution in [0.2, 0.25) is 0 Å². The van der Waals surface area contributed by atoms with Crippen molar-refractivity contribution in [3.05, 3.63) is 52.5 Å². The van der Waals surface area contributed by atoms with Crippen molar-refractivity contribution in [1.82, 2.24) is 10.7 Å². The lowest BCUT2D eigenvalue weighted by atomic mass is 10.2. The summed E-state index contributed by atoms with van der Waals surface area (Å²) in [6.07, 6.45) is 2.09. The van der Waals surface area contributed by atoms with Crippen LogP contribution in [-0.4, -0.2) is 43.2 Å². The van der Waals surface area contributed by atoms with Gasteiger partial charge in [-0.2, -0.15) is 5.10 Å². The monoisotopic (exact) mass is 518 g/mol. The SMILES string of the molecule is CCOc1cc(/C=N\NC(=O)C(=O)N[C@@H](C)CC)ccc1OCC(=O)Nc1ccc(Br)cc1. The van der Waals surface area contributed by atoms with E-state index in [1.54, 1.807) is 37.3 Å². The first-order valence-electron chi connectivity index (χ1n) is 10.4. The number of carbonyl (C=O) groups is 3. The zero-order valence-electron chi connectivity index (χ0n) is 18.7. The van der Waals surface area contributed by atoms with Crippen LogP contribution in [0.1, 0.15) is 32.8 Å². The molecular formula is C23H27BrN4O5. The van der Waals surface area contributed by atoms with Gasteiger partial charge in [0.25, 0.3) is 5.91 Å². The van der Waals surface area contributed by atoms with Gasteiger partial charge in [0, 0.05) is 16.2 Å². The van der Waals surface area contributed by atoms with E-state index < -0.39 is 11.8 Å². The van der Waals surface area contributed by atoms with E-state index in [2.05, 4.69) is 37.1 Å². The zero-order valence-corrected chi connectivity index (χ0v) is 20.3. The lowest BCUT2D eigenvalue weighted by molar-refractivity contribution is -0.139. The van der Waals surface area contributed by atoms with Crippen molar-refractivity contribution < 1.29 is 23.9 Å². The molecule has 0 aliphatic carbocycles. The molecule has 0 aliphatic heterocycles. The molecule has 0 aliphatic rings. The molecule has 0 radical (unpaired) electrons. The predicted octanol–water partition coefficient (Wildman–Crippen LogP) is 3.23. The van der Waals surface area contributed by atoms with Crippen LogP contribution in [0.5, 0.6) is 11.5 Å². The van der Waals surface area contributed by atoms with Crippen LogP contribution in [0.25, 0.3) is 0 Å². The summed E-state index contributed by atoms with van der Waals surface area (Å²) in [6.45, 7) is 5.71. The molecule has 2 rings (SSSR count). The minimum absolute atomic E-state index is 0.106. The molecule has 0 heterocycles. The fourth-order valence-corrected chi connectivity index (χ4v) is 2.74. The number of hydrogen-bond acceptors (Lipinski definition) is 6. The number of hydrazone groups is 1. The van der Waals surface area contributed by atoms with E-state index in [4.69, 9.17) is 9.47 Å². The number of rotatable bonds is 10. The van der Waals surface area contributed by atoms with Gasteiger partial charge in [0.2, 0.25) is 0 Å². The summed E-state index contributed by atoms with van der Waals surface area (Å²) in [4.78, 5) is 35.7. The summed E-state index contributed by atoms with van der Waals surface area (Å²) in [5.74, 6) is -1.12. The Bertz CT molecular complexity index is 995. The highest BCUT2D eigenvalue weighted by molar-refractivity contribution is 9.10. The molecule has 3 N–H and O–H groups in total. The van der Waals surface area contributed by atoms with Crippen LogP contribution in [0.15, 0.2) is 52.0 Å². The summed E-state index contributed by atoms with van der Waals surface area (Å²) < 4.78 is 12.1. The summed E-state index contributed by atoms with van der Waals surface area (Å²) in [6, 6.07) is 12.1. The molecule has 0 fully saturated rings. The average molecular weight is 519 g/mol. The zero-order chi connectivity index (χ0) is 24.2. The standard InChI is InChI=1S/C23H27BrN4O5/c1-4-15(3)26-22(30)23(31)28-25-13-16-6-11-19(20(12-16)32-5-2)33-14-21(29)27-18-9-7-17(24)8-10-18/h6-13,15H,4-5,14H2,1-3H3,(H,26,30)(H,27,29)(H,28,31)/b25-13-/t15-/m0/s1. The smallest absolute Gasteiger partial charge is 0.329 e. The summed E-state index contributed by atoms with van der Waals surface area (Å²) in [5, 5.41) is 9.11. The van der Waals surface area contributed by atoms with Gasteiger partial charge in [0.1, 0.15) is 0 Å². The summed E-state index contributed by atoms with van der Waals surface area (Å²) >= 11 is 3.34. The summed E-state index contributed by atoms with van der Waals surface area (Å²) in [5.41, 5.74) is 3.44. The first-order chi connectivity index (χ1) is 15.8. The second kappa shape index (κ2) is 13.2. The molecule has 2 aromatic rings. The van der Waals surface area contributed by atoms with E-state index in [1.165, 1.54) is 6.21 Å². The molecule has 1 atom stereocenters. The Balaban J connectivity index is 1.95. The molecule has 0 spiro atoms. The first kappa shape index (κ1) is 25.9. The van der Waals surface area contributed by atoms with E-state index in [0.29, 0.717) is 35.8 Å². The van der Waals surface area contributed by atoms with Crippen molar-refractivity contribution in [3.63, 3.8) is 0 Å². The molecule has 176 valence electrons. The third kappa shape index (κ3) is 8.93. The molecule has 0 aromatic heterocycles. The van der Waals surface area contributed by atoms with Gasteiger partial charge in [-0.25, -0.2) is 5.43 Å². The van der Waals surface area contributed by atoms with Gasteiger partial charge < -0.3 is 20.1 Å². The van der Waals surface area contributed by atoms with Gasteiger partial charge in [-0.1, -0.05) is 22.9 Å². The highest BCUT2D eigenvalue weighted by Crippen LogP contribution is 2.28. The number of benzene rings is 2. The average Bonchev–Trinajstić information content (AvgIpc) is 2.80. The van der Waals surface area contributed by atoms with E-state index in [0.717, 1.165) is 4.47 Å². The quantitative estimate of drug-likeness (QED) is 0.253. The molecule has 0 saturated heterocycles. The second-order valence-corrected chi connectivity index (χ2v) is 7.88. The molecule has 10 heteroatoms. The van der Waals surface area contributed by atoms with Crippen molar-refractivity contribution in [2.45, 2.75) is 33.2 Å². The molecule has 0 unspecified atom stereocenters. The van der Waals surface area contributed by atoms with Crippen LogP contribution in [0.4, 0.5) is 5.69 Å². The van der Waals surface area contributed by atoms with Crippen molar-refractivity contribution in [1.29, 1.82) is 0 Å². The van der Waals surface area contributed by atoms with Gasteiger partial charge in [0.05, 0.1) is 12.8 Å². The third-order valence-electron chi connectivity index (χ3n) is 4.33. The number of hydrogen-bond donors (Lipinski definition) is 3. The van der Waals surface area contributed by atoms with E-state index >= 15 is 0 Å². The molecule has 0 saturated carbocycles. The normalized spacial score (nSPS) is 11.5. The topological polar surface area (TPSA) is 118 Å². The largest absolute Gasteiger partial charge is 0.490 e. The maximum absolute atomic E-state index is 12.2. The van der Waals surface area contributed by atoms with Gasteiger partial charge in [0.15, 0.2) is 18.1 Å². The highest BCUT2D eigenvalue weighted by atomic mass is 79.9. The van der Waals surface area contributed by atoms with Gasteiger partial charge in [-0.3, -0.25) is 14.4 Å². The van der Waals surface area contributed by atoms with Crippen LogP contribution in [-0.2, 0) is 14.4 Å². The van der Waals surface area contributed by atoms with Crippen molar-refractivity contribution in [2.75, 3.05) is 18.5 Å². The minimum atomic E-state index is -0.853. The van der Waals surface area contributed by atoms with Crippen LogP contribution in [0, 0.1) is 0 Å². The van der Waals surface area contributed by atoms with Crippen molar-refractivity contribution in [2.24, 2.45) is 5.10 Å². The van der Waals surface area contributed by atoms with E-state index in [9.17, 15) is 14.4 Å². The first-order valence-corrected chi connectivity index (χ1v) is 11.2. The van der Waals surface area contributed by atoms with Gasteiger partial charge in [-0.05, 0) is 68.3 Å². The number of amides is 3. The molecular weight excluding hydrogens is 492 g/mol. The Morgan fingerprint density at radius 3 is 2.42 bits per heavy atom. The number of halogens is 1. The Morgan fingerprint density at radius 2 is 1.76 bits per heavy atom. The van der Waals surface area contributed by atoms with Crippen LogP contribution < -0.4 is 25.5 Å². The number of ether oxygens (including phenoxy) is 2. The summed E-state index contributed by atoms with van der Waals surface area (Å²) in [7, 11) is 0. The molecule has 0 bridgehead atoms. The van der Waals surface area contributed by atoms with Crippen molar-refractivity contribution in [3.8, 4) is 11.5 Å². The fourth-order valence-electron chi connectivity index (χ4n) is 2.47. The van der Waals surface area contributed by atoms with Gasteiger partial charge in [-0.15, -0.1) is 0 Å². The molecule has 2 aromatic carbocycles. The Labute approximate surface area is 201 Å². The van der Waals surface area contributed by atoms with Crippen LogP contribution >= 0.6 is 15.9 Å². The van der Waals surface area contributed by atoms with E-state index in [-0.39, 0.29) is 18.6 Å². The maximum Gasteiger partial charge on any atom is 0.329 e. The Morgan fingerprint density at radius 1 is 1.03 bits per heavy atom. The maximum atomic E-state index is 12.2. The number of nitrogens with zero attached hydrogens (tertiary/aromatic N) is 1. The highest BCUT2D eigenvalue weighted by Gasteiger charge is 2.14. The third-order valence-corrected chi connectivity index (χ3v) is 4.86. The second-order valence-electron chi connectivity index (χ2n) is 6.96. The number of nitrogens with one attached hydrogen (secondary N) is 3.